The minimum Gasteiger partial charge on any atom is -0.368 e. The van der Waals surface area contributed by atoms with Gasteiger partial charge in [-0.15, -0.1) is 0 Å². The summed E-state index contributed by atoms with van der Waals surface area (Å²) in [5.41, 5.74) is 2.83. The van der Waals surface area contributed by atoms with Gasteiger partial charge in [0.25, 0.3) is 0 Å². The van der Waals surface area contributed by atoms with Gasteiger partial charge in [-0.3, -0.25) is 4.79 Å². The molecule has 5 nitrogen and oxygen atoms in total. The van der Waals surface area contributed by atoms with Crippen molar-refractivity contribution in [3.05, 3.63) is 30.1 Å². The van der Waals surface area contributed by atoms with Gasteiger partial charge < -0.3 is 10.3 Å². The molecule has 2 heterocycles. The van der Waals surface area contributed by atoms with Crippen molar-refractivity contribution < 1.29 is 4.79 Å². The Morgan fingerprint density at radius 3 is 2.86 bits per heavy atom. The van der Waals surface area contributed by atoms with Crippen molar-refractivity contribution >= 4 is 22.8 Å². The van der Waals surface area contributed by atoms with E-state index in [1.165, 1.54) is 0 Å². The summed E-state index contributed by atoms with van der Waals surface area (Å²) in [7, 11) is 0. The quantitative estimate of drug-likeness (QED) is 0.829. The number of H-pyrrole nitrogens is 1. The van der Waals surface area contributed by atoms with Gasteiger partial charge in [0.2, 0.25) is 0 Å². The summed E-state index contributed by atoms with van der Waals surface area (Å²) >= 11 is 0. The summed E-state index contributed by atoms with van der Waals surface area (Å²) < 4.78 is 0. The highest BCUT2D eigenvalue weighted by atomic mass is 16.1. The van der Waals surface area contributed by atoms with Gasteiger partial charge in [-0.2, -0.15) is 0 Å². The molecule has 2 N–H and O–H groups in total. The SMILES string of the molecule is CC(=O)C=CCc1c[nH]c2ncc(NCC(C)(C)C)nc12. The predicted octanol–water partition coefficient (Wildman–Crippen LogP) is 3.10. The number of aromatic amines is 1. The van der Waals surface area contributed by atoms with Crippen LogP contribution in [-0.4, -0.2) is 27.3 Å². The zero-order valence-corrected chi connectivity index (χ0v) is 13.0. The molecule has 0 atom stereocenters. The highest BCUT2D eigenvalue weighted by molar-refractivity contribution is 5.87. The largest absolute Gasteiger partial charge is 0.368 e. The Kier molecular flexibility index (Phi) is 4.40. The maximum atomic E-state index is 10.9. The van der Waals surface area contributed by atoms with Gasteiger partial charge >= 0.3 is 0 Å². The van der Waals surface area contributed by atoms with Crippen LogP contribution in [0.15, 0.2) is 24.5 Å². The minimum absolute atomic E-state index is 0.0495. The van der Waals surface area contributed by atoms with E-state index in [1.54, 1.807) is 19.2 Å². The summed E-state index contributed by atoms with van der Waals surface area (Å²) in [6.45, 7) is 8.87. The number of nitrogens with zero attached hydrogens (tertiary/aromatic N) is 2. The fourth-order valence-corrected chi connectivity index (χ4v) is 1.89. The number of anilines is 1. The molecule has 0 bridgehead atoms. The normalized spacial score (nSPS) is 12.2. The van der Waals surface area contributed by atoms with Gasteiger partial charge in [0, 0.05) is 18.3 Å². The van der Waals surface area contributed by atoms with Crippen molar-refractivity contribution in [1.82, 2.24) is 15.0 Å². The predicted molar refractivity (Wildman–Crippen MR) is 85.4 cm³/mol. The van der Waals surface area contributed by atoms with Crippen LogP contribution < -0.4 is 5.32 Å². The molecule has 0 spiro atoms. The number of rotatable bonds is 5. The highest BCUT2D eigenvalue weighted by Crippen LogP contribution is 2.19. The van der Waals surface area contributed by atoms with Crippen LogP contribution >= 0.6 is 0 Å². The van der Waals surface area contributed by atoms with Crippen LogP contribution in [0.3, 0.4) is 0 Å². The molecule has 0 saturated heterocycles. The van der Waals surface area contributed by atoms with Gasteiger partial charge in [-0.1, -0.05) is 26.8 Å². The average Bonchev–Trinajstić information content (AvgIpc) is 2.78. The van der Waals surface area contributed by atoms with Crippen molar-refractivity contribution in [2.45, 2.75) is 34.1 Å². The molecule has 0 fully saturated rings. The smallest absolute Gasteiger partial charge is 0.156 e. The van der Waals surface area contributed by atoms with Crippen LogP contribution in [-0.2, 0) is 11.2 Å². The summed E-state index contributed by atoms with van der Waals surface area (Å²) in [6, 6.07) is 0. The molecule has 112 valence electrons. The fourth-order valence-electron chi connectivity index (χ4n) is 1.89. The lowest BCUT2D eigenvalue weighted by molar-refractivity contribution is -0.112. The monoisotopic (exact) mass is 286 g/mol. The molecular weight excluding hydrogens is 264 g/mol. The van der Waals surface area contributed by atoms with Gasteiger partial charge in [-0.25, -0.2) is 9.97 Å². The van der Waals surface area contributed by atoms with Crippen LogP contribution in [0.1, 0.15) is 33.3 Å². The first-order valence-electron chi connectivity index (χ1n) is 7.09. The number of carbonyl (C=O) groups is 1. The standard InChI is InChI=1S/C16H22N4O/c1-11(21)6-5-7-12-8-17-15-14(12)20-13(9-18-15)19-10-16(2,3)4/h5-6,8-9H,7,10H2,1-4H3,(H,17,18)(H,19,20). The van der Waals surface area contributed by atoms with E-state index < -0.39 is 0 Å². The maximum Gasteiger partial charge on any atom is 0.156 e. The zero-order chi connectivity index (χ0) is 15.5. The molecule has 21 heavy (non-hydrogen) atoms. The zero-order valence-electron chi connectivity index (χ0n) is 13.0. The number of carbonyl (C=O) groups excluding carboxylic acids is 1. The Morgan fingerprint density at radius 2 is 2.19 bits per heavy atom. The van der Waals surface area contributed by atoms with Crippen LogP contribution in [0, 0.1) is 5.41 Å². The van der Waals surface area contributed by atoms with Crippen LogP contribution in [0.25, 0.3) is 11.2 Å². The highest BCUT2D eigenvalue weighted by Gasteiger charge is 2.11. The Labute approximate surface area is 124 Å². The molecule has 5 heteroatoms. The second-order valence-corrected chi connectivity index (χ2v) is 6.40. The molecule has 2 aromatic heterocycles. The third-order valence-corrected chi connectivity index (χ3v) is 2.95. The van der Waals surface area contributed by atoms with Crippen LogP contribution in [0.2, 0.25) is 0 Å². The summed E-state index contributed by atoms with van der Waals surface area (Å²) in [5, 5.41) is 3.31. The first-order chi connectivity index (χ1) is 9.85. The average molecular weight is 286 g/mol. The lowest BCUT2D eigenvalue weighted by Crippen LogP contribution is -2.19. The molecule has 0 aliphatic carbocycles. The van der Waals surface area contributed by atoms with Crippen LogP contribution in [0.4, 0.5) is 5.82 Å². The topological polar surface area (TPSA) is 70.7 Å². The summed E-state index contributed by atoms with van der Waals surface area (Å²) in [5.74, 6) is 0.822. The summed E-state index contributed by atoms with van der Waals surface area (Å²) in [6.07, 6.45) is 7.72. The first-order valence-corrected chi connectivity index (χ1v) is 7.09. The van der Waals surface area contributed by atoms with Gasteiger partial charge in [0.1, 0.15) is 11.3 Å². The van der Waals surface area contributed by atoms with E-state index in [2.05, 4.69) is 41.0 Å². The number of hydrogen-bond acceptors (Lipinski definition) is 4. The Balaban J connectivity index is 2.18. The number of fused-ring (bicyclic) bond motifs is 1. The molecule has 0 aliphatic rings. The van der Waals surface area contributed by atoms with E-state index in [0.29, 0.717) is 6.42 Å². The number of aromatic nitrogens is 3. The fraction of sp³-hybridized carbons (Fsp3) is 0.438. The van der Waals surface area contributed by atoms with E-state index in [4.69, 9.17) is 0 Å². The molecule has 0 aliphatic heterocycles. The van der Waals surface area contributed by atoms with E-state index in [9.17, 15) is 4.79 Å². The lowest BCUT2D eigenvalue weighted by Gasteiger charge is -2.18. The Morgan fingerprint density at radius 1 is 1.43 bits per heavy atom. The molecule has 0 aromatic carbocycles. The van der Waals surface area contributed by atoms with Crippen molar-refractivity contribution in [3.63, 3.8) is 0 Å². The van der Waals surface area contributed by atoms with Gasteiger partial charge in [0.15, 0.2) is 11.4 Å². The van der Waals surface area contributed by atoms with E-state index >= 15 is 0 Å². The Hall–Kier alpha value is -2.17. The minimum atomic E-state index is 0.0495. The van der Waals surface area contributed by atoms with Crippen molar-refractivity contribution in [2.75, 3.05) is 11.9 Å². The lowest BCUT2D eigenvalue weighted by atomic mass is 9.97. The molecule has 2 rings (SSSR count). The molecular formula is C16H22N4O. The van der Waals surface area contributed by atoms with E-state index in [1.807, 2.05) is 12.3 Å². The molecule has 0 saturated carbocycles. The maximum absolute atomic E-state index is 10.9. The van der Waals surface area contributed by atoms with E-state index in [-0.39, 0.29) is 11.2 Å². The van der Waals surface area contributed by atoms with Crippen molar-refractivity contribution in [1.29, 1.82) is 0 Å². The van der Waals surface area contributed by atoms with Crippen LogP contribution in [0.5, 0.6) is 0 Å². The molecule has 2 aromatic rings. The second-order valence-electron chi connectivity index (χ2n) is 6.40. The van der Waals surface area contributed by atoms with Crippen molar-refractivity contribution in [2.24, 2.45) is 5.41 Å². The third-order valence-electron chi connectivity index (χ3n) is 2.95. The van der Waals surface area contributed by atoms with Crippen molar-refractivity contribution in [3.8, 4) is 0 Å². The molecule has 0 radical (unpaired) electrons. The number of nitrogens with one attached hydrogen (secondary N) is 2. The molecule has 0 amide bonds. The summed E-state index contributed by atoms with van der Waals surface area (Å²) in [4.78, 5) is 23.0. The van der Waals surface area contributed by atoms with E-state index in [0.717, 1.165) is 29.1 Å². The first kappa shape index (κ1) is 15.2. The number of allylic oxidation sites excluding steroid dienone is 2. The van der Waals surface area contributed by atoms with Gasteiger partial charge in [-0.05, 0) is 24.8 Å². The number of ketones is 1. The Bertz CT molecular complexity index is 664. The van der Waals surface area contributed by atoms with Gasteiger partial charge in [0.05, 0.1) is 6.20 Å². The second kappa shape index (κ2) is 6.08. The molecule has 0 unspecified atom stereocenters. The number of hydrogen-bond donors (Lipinski definition) is 2. The third kappa shape index (κ3) is 4.41.